The van der Waals surface area contributed by atoms with E-state index in [1.807, 2.05) is 0 Å². The molecule has 1 heterocycles. The van der Waals surface area contributed by atoms with Crippen molar-refractivity contribution in [2.45, 2.75) is 12.6 Å². The summed E-state index contributed by atoms with van der Waals surface area (Å²) >= 11 is 3.16. The van der Waals surface area contributed by atoms with Crippen LogP contribution in [0.1, 0.15) is 0 Å². The molecule has 5 nitrogen and oxygen atoms in total. The molecule has 1 atom stereocenters. The smallest absolute Gasteiger partial charge is 0.201 e. The Morgan fingerprint density at radius 3 is 2.84 bits per heavy atom. The van der Waals surface area contributed by atoms with E-state index in [1.165, 1.54) is 6.07 Å². The zero-order valence-electron chi connectivity index (χ0n) is 10.7. The highest BCUT2D eigenvalue weighted by Gasteiger charge is 2.15. The molecule has 0 aliphatic carbocycles. The van der Waals surface area contributed by atoms with Crippen molar-refractivity contribution in [1.82, 2.24) is 9.55 Å². The fourth-order valence-electron chi connectivity index (χ4n) is 1.92. The molecule has 7 heteroatoms. The van der Waals surface area contributed by atoms with Gasteiger partial charge in [-0.1, -0.05) is 0 Å². The van der Waals surface area contributed by atoms with Gasteiger partial charge in [0.15, 0.2) is 0 Å². The first kappa shape index (κ1) is 14.2. The van der Waals surface area contributed by atoms with Gasteiger partial charge in [0.05, 0.1) is 34.8 Å². The molecule has 0 fully saturated rings. The van der Waals surface area contributed by atoms with Crippen LogP contribution < -0.4 is 5.73 Å². The van der Waals surface area contributed by atoms with Crippen LogP contribution in [0.15, 0.2) is 16.6 Å². The molecule has 0 saturated carbocycles. The zero-order valence-corrected chi connectivity index (χ0v) is 12.3. The van der Waals surface area contributed by atoms with Crippen LogP contribution in [-0.2, 0) is 16.0 Å². The first-order chi connectivity index (χ1) is 9.06. The van der Waals surface area contributed by atoms with E-state index < -0.39 is 0 Å². The van der Waals surface area contributed by atoms with Crippen LogP contribution >= 0.6 is 15.9 Å². The van der Waals surface area contributed by atoms with Crippen molar-refractivity contribution >= 4 is 32.9 Å². The van der Waals surface area contributed by atoms with Gasteiger partial charge in [-0.25, -0.2) is 9.37 Å². The maximum atomic E-state index is 13.5. The summed E-state index contributed by atoms with van der Waals surface area (Å²) in [6, 6.07) is 3.01. The van der Waals surface area contributed by atoms with E-state index in [9.17, 15) is 4.39 Å². The predicted molar refractivity (Wildman–Crippen MR) is 74.5 cm³/mol. The van der Waals surface area contributed by atoms with Crippen LogP contribution in [-0.4, -0.2) is 36.5 Å². The molecule has 2 rings (SSSR count). The van der Waals surface area contributed by atoms with E-state index in [0.29, 0.717) is 29.1 Å². The van der Waals surface area contributed by atoms with Gasteiger partial charge in [0, 0.05) is 20.3 Å². The molecule has 2 N–H and O–H groups in total. The van der Waals surface area contributed by atoms with Crippen molar-refractivity contribution in [3.05, 3.63) is 22.4 Å². The zero-order chi connectivity index (χ0) is 14.0. The Hall–Kier alpha value is -1.18. The molecule has 1 unspecified atom stereocenters. The number of ether oxygens (including phenoxy) is 2. The fraction of sp³-hybridized carbons (Fsp3) is 0.417. The molecule has 0 bridgehead atoms. The number of nitrogens with two attached hydrogens (primary N) is 1. The number of fused-ring (bicyclic) bond motifs is 1. The highest BCUT2D eigenvalue weighted by atomic mass is 79.9. The summed E-state index contributed by atoms with van der Waals surface area (Å²) in [6.45, 7) is 0.933. The molecule has 0 saturated heterocycles. The number of benzene rings is 1. The van der Waals surface area contributed by atoms with E-state index >= 15 is 0 Å². The average Bonchev–Trinajstić information content (AvgIpc) is 2.66. The number of hydrogen-bond donors (Lipinski definition) is 1. The highest BCUT2D eigenvalue weighted by Crippen LogP contribution is 2.25. The lowest BCUT2D eigenvalue weighted by molar-refractivity contribution is 0.0193. The Morgan fingerprint density at radius 2 is 2.21 bits per heavy atom. The van der Waals surface area contributed by atoms with E-state index in [4.69, 9.17) is 15.2 Å². The van der Waals surface area contributed by atoms with Gasteiger partial charge in [0.25, 0.3) is 0 Å². The van der Waals surface area contributed by atoms with E-state index in [2.05, 4.69) is 20.9 Å². The van der Waals surface area contributed by atoms with Gasteiger partial charge in [0.2, 0.25) is 5.95 Å². The lowest BCUT2D eigenvalue weighted by Crippen LogP contribution is -2.24. The van der Waals surface area contributed by atoms with Crippen molar-refractivity contribution in [2.24, 2.45) is 0 Å². The largest absolute Gasteiger partial charge is 0.382 e. The summed E-state index contributed by atoms with van der Waals surface area (Å²) < 4.78 is 26.0. The molecule has 0 radical (unpaired) electrons. The standard InChI is InChI=1S/C12H15BrFN3O2/c1-18-6-7(19-2)5-17-11-3-8(13)9(14)4-10(11)16-12(17)15/h3-4,7H,5-6H2,1-2H3,(H2,15,16). The second kappa shape index (κ2) is 5.85. The number of anilines is 1. The fourth-order valence-corrected chi connectivity index (χ4v) is 2.25. The minimum Gasteiger partial charge on any atom is -0.382 e. The topological polar surface area (TPSA) is 62.3 Å². The van der Waals surface area contributed by atoms with Crippen molar-refractivity contribution < 1.29 is 13.9 Å². The number of nitrogens with zero attached hydrogens (tertiary/aromatic N) is 2. The molecule has 0 aliphatic heterocycles. The number of aromatic nitrogens is 2. The van der Waals surface area contributed by atoms with Gasteiger partial charge >= 0.3 is 0 Å². The first-order valence-corrected chi connectivity index (χ1v) is 6.48. The molecule has 1 aromatic heterocycles. The third-order valence-electron chi connectivity index (χ3n) is 2.89. The Kier molecular flexibility index (Phi) is 4.38. The van der Waals surface area contributed by atoms with Crippen molar-refractivity contribution in [3.63, 3.8) is 0 Å². The van der Waals surface area contributed by atoms with Gasteiger partial charge in [-0.2, -0.15) is 0 Å². The Labute approximate surface area is 118 Å². The van der Waals surface area contributed by atoms with Crippen LogP contribution in [0.2, 0.25) is 0 Å². The van der Waals surface area contributed by atoms with Gasteiger partial charge in [-0.05, 0) is 22.0 Å². The van der Waals surface area contributed by atoms with Gasteiger partial charge in [0.1, 0.15) is 5.82 Å². The second-order valence-corrected chi connectivity index (χ2v) is 5.00. The lowest BCUT2D eigenvalue weighted by atomic mass is 10.3. The summed E-state index contributed by atoms with van der Waals surface area (Å²) in [5.41, 5.74) is 7.14. The third-order valence-corrected chi connectivity index (χ3v) is 3.50. The van der Waals surface area contributed by atoms with Crippen LogP contribution in [0.3, 0.4) is 0 Å². The predicted octanol–water partition coefficient (Wildman–Crippen LogP) is 2.18. The number of methoxy groups -OCH3 is 2. The van der Waals surface area contributed by atoms with Crippen LogP contribution in [0.5, 0.6) is 0 Å². The summed E-state index contributed by atoms with van der Waals surface area (Å²) in [5.74, 6) is -0.0389. The average molecular weight is 332 g/mol. The normalized spacial score (nSPS) is 13.1. The van der Waals surface area contributed by atoms with Crippen LogP contribution in [0.25, 0.3) is 11.0 Å². The first-order valence-electron chi connectivity index (χ1n) is 5.69. The quantitative estimate of drug-likeness (QED) is 0.912. The number of hydrogen-bond acceptors (Lipinski definition) is 4. The second-order valence-electron chi connectivity index (χ2n) is 4.15. The number of imidazole rings is 1. The highest BCUT2D eigenvalue weighted by molar-refractivity contribution is 9.10. The minimum atomic E-state index is -0.364. The molecule has 19 heavy (non-hydrogen) atoms. The third kappa shape index (κ3) is 2.88. The van der Waals surface area contributed by atoms with Gasteiger partial charge in [-0.3, -0.25) is 0 Å². The number of nitrogen functional groups attached to an aromatic ring is 1. The summed E-state index contributed by atoms with van der Waals surface area (Å²) in [4.78, 5) is 4.15. The molecule has 1 aromatic carbocycles. The van der Waals surface area contributed by atoms with E-state index in [0.717, 1.165) is 5.52 Å². The maximum absolute atomic E-state index is 13.5. The number of rotatable bonds is 5. The molecule has 0 spiro atoms. The van der Waals surface area contributed by atoms with E-state index in [-0.39, 0.29) is 11.9 Å². The Bertz CT molecular complexity index is 588. The Morgan fingerprint density at radius 1 is 1.47 bits per heavy atom. The summed E-state index contributed by atoms with van der Waals surface area (Å²) in [5, 5.41) is 0. The monoisotopic (exact) mass is 331 g/mol. The SMILES string of the molecule is COCC(Cn1c(N)nc2cc(F)c(Br)cc21)OC. The van der Waals surface area contributed by atoms with Crippen molar-refractivity contribution in [2.75, 3.05) is 26.6 Å². The summed E-state index contributed by atoms with van der Waals surface area (Å²) in [6.07, 6.45) is -0.145. The lowest BCUT2D eigenvalue weighted by Gasteiger charge is -2.16. The van der Waals surface area contributed by atoms with E-state index in [1.54, 1.807) is 24.9 Å². The van der Waals surface area contributed by atoms with Crippen LogP contribution in [0, 0.1) is 5.82 Å². The molecule has 0 aliphatic rings. The van der Waals surface area contributed by atoms with Gasteiger partial charge in [-0.15, -0.1) is 0 Å². The van der Waals surface area contributed by atoms with Gasteiger partial charge < -0.3 is 19.8 Å². The molecule has 0 amide bonds. The van der Waals surface area contributed by atoms with Crippen molar-refractivity contribution in [1.29, 1.82) is 0 Å². The van der Waals surface area contributed by atoms with Crippen molar-refractivity contribution in [3.8, 4) is 0 Å². The number of halogens is 2. The summed E-state index contributed by atoms with van der Waals surface area (Å²) in [7, 11) is 3.21. The molecular weight excluding hydrogens is 317 g/mol. The maximum Gasteiger partial charge on any atom is 0.201 e. The molecular formula is C12H15BrFN3O2. The molecule has 104 valence electrons. The molecule has 2 aromatic rings. The minimum absolute atomic E-state index is 0.145. The Balaban J connectivity index is 2.42. The van der Waals surface area contributed by atoms with Crippen LogP contribution in [0.4, 0.5) is 10.3 Å².